The maximum absolute atomic E-state index is 11.5. The van der Waals surface area contributed by atoms with E-state index in [1.165, 1.54) is 6.33 Å². The van der Waals surface area contributed by atoms with Gasteiger partial charge in [0.25, 0.3) is 0 Å². The van der Waals surface area contributed by atoms with E-state index in [1.807, 2.05) is 0 Å². The van der Waals surface area contributed by atoms with Crippen molar-refractivity contribution < 1.29 is 19.4 Å². The Morgan fingerprint density at radius 3 is 2.95 bits per heavy atom. The average Bonchev–Trinajstić information content (AvgIpc) is 3.07. The van der Waals surface area contributed by atoms with E-state index < -0.39 is 12.1 Å². The van der Waals surface area contributed by atoms with Gasteiger partial charge in [0, 0.05) is 19.5 Å². The zero-order valence-electron chi connectivity index (χ0n) is 10.8. The van der Waals surface area contributed by atoms with E-state index in [-0.39, 0.29) is 12.1 Å². The number of carboxylic acid groups (broad SMARTS) is 1. The molecule has 1 aliphatic rings. The molecule has 1 fully saturated rings. The number of carbonyl (C=O) groups is 2. The van der Waals surface area contributed by atoms with Crippen molar-refractivity contribution in [2.24, 2.45) is 0 Å². The van der Waals surface area contributed by atoms with E-state index in [9.17, 15) is 9.59 Å². The number of H-pyrrole nitrogens is 1. The molecule has 110 valence electrons. The second kappa shape index (κ2) is 6.85. The maximum Gasteiger partial charge on any atom is 0.332 e. The lowest BCUT2D eigenvalue weighted by atomic mass is 10.2. The SMILES string of the molecule is O=C(NCCc1ncn[nH]1)NCC1CCC(C(=O)O)O1. The van der Waals surface area contributed by atoms with Crippen molar-refractivity contribution in [3.8, 4) is 0 Å². The molecule has 0 aromatic carbocycles. The topological polar surface area (TPSA) is 129 Å². The van der Waals surface area contributed by atoms with E-state index >= 15 is 0 Å². The van der Waals surface area contributed by atoms with Crippen molar-refractivity contribution in [3.05, 3.63) is 12.2 Å². The van der Waals surface area contributed by atoms with Gasteiger partial charge in [-0.1, -0.05) is 0 Å². The Kier molecular flexibility index (Phi) is 4.88. The summed E-state index contributed by atoms with van der Waals surface area (Å²) >= 11 is 0. The van der Waals surface area contributed by atoms with Gasteiger partial charge in [-0.15, -0.1) is 0 Å². The summed E-state index contributed by atoms with van der Waals surface area (Å²) in [6.45, 7) is 0.738. The number of nitrogens with zero attached hydrogens (tertiary/aromatic N) is 2. The molecule has 9 heteroatoms. The number of carboxylic acids is 1. The van der Waals surface area contributed by atoms with E-state index in [2.05, 4.69) is 25.8 Å². The summed E-state index contributed by atoms with van der Waals surface area (Å²) in [6.07, 6.45) is 2.09. The van der Waals surface area contributed by atoms with Gasteiger partial charge < -0.3 is 20.5 Å². The highest BCUT2D eigenvalue weighted by Gasteiger charge is 2.30. The molecule has 1 aromatic heterocycles. The lowest BCUT2D eigenvalue weighted by Gasteiger charge is -2.12. The first-order valence-corrected chi connectivity index (χ1v) is 6.39. The number of hydrogen-bond donors (Lipinski definition) is 4. The zero-order valence-corrected chi connectivity index (χ0v) is 10.8. The standard InChI is InChI=1S/C11H17N5O4/c17-10(18)8-2-1-7(20-8)5-13-11(19)12-4-3-9-14-6-15-16-9/h6-8H,1-5H2,(H,17,18)(H2,12,13,19)(H,14,15,16). The molecule has 0 spiro atoms. The van der Waals surface area contributed by atoms with Crippen molar-refractivity contribution in [2.75, 3.05) is 13.1 Å². The maximum atomic E-state index is 11.5. The van der Waals surface area contributed by atoms with Crippen LogP contribution in [-0.2, 0) is 16.0 Å². The van der Waals surface area contributed by atoms with Crippen molar-refractivity contribution in [2.45, 2.75) is 31.5 Å². The highest BCUT2D eigenvalue weighted by atomic mass is 16.5. The summed E-state index contributed by atoms with van der Waals surface area (Å²) in [5.41, 5.74) is 0. The van der Waals surface area contributed by atoms with Gasteiger partial charge in [-0.25, -0.2) is 14.6 Å². The molecule has 0 aliphatic carbocycles. The number of amides is 2. The Morgan fingerprint density at radius 1 is 1.45 bits per heavy atom. The number of aromatic amines is 1. The largest absolute Gasteiger partial charge is 0.479 e. The first-order valence-electron chi connectivity index (χ1n) is 6.39. The lowest BCUT2D eigenvalue weighted by molar-refractivity contribution is -0.149. The van der Waals surface area contributed by atoms with Gasteiger partial charge in [0.1, 0.15) is 12.2 Å². The smallest absolute Gasteiger partial charge is 0.332 e. The first-order chi connectivity index (χ1) is 9.65. The minimum absolute atomic E-state index is 0.240. The average molecular weight is 283 g/mol. The molecule has 2 amide bonds. The quantitative estimate of drug-likeness (QED) is 0.545. The second-order valence-electron chi connectivity index (χ2n) is 4.48. The molecule has 0 radical (unpaired) electrons. The Balaban J connectivity index is 1.57. The van der Waals surface area contributed by atoms with Gasteiger partial charge in [0.05, 0.1) is 6.10 Å². The number of nitrogens with one attached hydrogen (secondary N) is 3. The number of carbonyl (C=O) groups excluding carboxylic acids is 1. The lowest BCUT2D eigenvalue weighted by Crippen LogP contribution is -2.40. The minimum atomic E-state index is -0.955. The molecule has 1 aromatic rings. The van der Waals surface area contributed by atoms with Crippen LogP contribution in [0.5, 0.6) is 0 Å². The molecule has 0 saturated carbocycles. The molecule has 1 aliphatic heterocycles. The van der Waals surface area contributed by atoms with Crippen LogP contribution in [0.4, 0.5) is 4.79 Å². The van der Waals surface area contributed by atoms with Crippen LogP contribution < -0.4 is 10.6 Å². The normalized spacial score (nSPS) is 21.6. The van der Waals surface area contributed by atoms with Crippen LogP contribution in [0.3, 0.4) is 0 Å². The predicted molar refractivity (Wildman–Crippen MR) is 67.0 cm³/mol. The third kappa shape index (κ3) is 4.19. The van der Waals surface area contributed by atoms with Crippen LogP contribution >= 0.6 is 0 Å². The van der Waals surface area contributed by atoms with E-state index in [1.54, 1.807) is 0 Å². The Hall–Kier alpha value is -2.16. The number of rotatable bonds is 6. The van der Waals surface area contributed by atoms with Crippen LogP contribution in [0.15, 0.2) is 6.33 Å². The van der Waals surface area contributed by atoms with E-state index in [4.69, 9.17) is 9.84 Å². The molecule has 9 nitrogen and oxygen atoms in total. The summed E-state index contributed by atoms with van der Waals surface area (Å²) < 4.78 is 5.27. The van der Waals surface area contributed by atoms with Gasteiger partial charge >= 0.3 is 12.0 Å². The predicted octanol–water partition coefficient (Wildman–Crippen LogP) is -0.721. The molecular formula is C11H17N5O4. The molecule has 2 rings (SSSR count). The fourth-order valence-electron chi connectivity index (χ4n) is 1.95. The molecule has 2 atom stereocenters. The van der Waals surface area contributed by atoms with Crippen LogP contribution in [0.2, 0.25) is 0 Å². The monoisotopic (exact) mass is 283 g/mol. The van der Waals surface area contributed by atoms with Crippen molar-refractivity contribution in [3.63, 3.8) is 0 Å². The third-order valence-corrected chi connectivity index (χ3v) is 2.99. The minimum Gasteiger partial charge on any atom is -0.479 e. The van der Waals surface area contributed by atoms with Crippen LogP contribution in [0, 0.1) is 0 Å². The van der Waals surface area contributed by atoms with Crippen LogP contribution in [0.1, 0.15) is 18.7 Å². The summed E-state index contributed by atoms with van der Waals surface area (Å²) in [6, 6.07) is -0.313. The first kappa shape index (κ1) is 14.3. The molecule has 2 unspecified atom stereocenters. The third-order valence-electron chi connectivity index (χ3n) is 2.99. The fraction of sp³-hybridized carbons (Fsp3) is 0.636. The zero-order chi connectivity index (χ0) is 14.4. The Labute approximate surface area is 115 Å². The highest BCUT2D eigenvalue weighted by Crippen LogP contribution is 2.18. The number of hydrogen-bond acceptors (Lipinski definition) is 5. The highest BCUT2D eigenvalue weighted by molar-refractivity contribution is 5.74. The van der Waals surface area contributed by atoms with Gasteiger partial charge in [-0.05, 0) is 12.8 Å². The number of aromatic nitrogens is 3. The van der Waals surface area contributed by atoms with Crippen molar-refractivity contribution >= 4 is 12.0 Å². The van der Waals surface area contributed by atoms with Gasteiger partial charge in [0.15, 0.2) is 6.10 Å². The van der Waals surface area contributed by atoms with Gasteiger partial charge in [0.2, 0.25) is 0 Å². The van der Waals surface area contributed by atoms with Gasteiger partial charge in [-0.3, -0.25) is 5.10 Å². The number of ether oxygens (including phenoxy) is 1. The summed E-state index contributed by atoms with van der Waals surface area (Å²) in [7, 11) is 0. The fourth-order valence-corrected chi connectivity index (χ4v) is 1.95. The Morgan fingerprint density at radius 2 is 2.30 bits per heavy atom. The molecular weight excluding hydrogens is 266 g/mol. The van der Waals surface area contributed by atoms with E-state index in [0.717, 1.165) is 0 Å². The molecule has 1 saturated heterocycles. The Bertz CT molecular complexity index is 450. The van der Waals surface area contributed by atoms with Crippen molar-refractivity contribution in [1.82, 2.24) is 25.8 Å². The van der Waals surface area contributed by atoms with Gasteiger partial charge in [-0.2, -0.15) is 5.10 Å². The summed E-state index contributed by atoms with van der Waals surface area (Å²) in [5, 5.41) is 20.5. The molecule has 4 N–H and O–H groups in total. The summed E-state index contributed by atoms with van der Waals surface area (Å²) in [4.78, 5) is 26.1. The van der Waals surface area contributed by atoms with Crippen LogP contribution in [-0.4, -0.2) is 57.6 Å². The van der Waals surface area contributed by atoms with E-state index in [0.29, 0.717) is 38.2 Å². The number of aliphatic carboxylic acids is 1. The van der Waals surface area contributed by atoms with Crippen LogP contribution in [0.25, 0.3) is 0 Å². The van der Waals surface area contributed by atoms with Crippen molar-refractivity contribution in [1.29, 1.82) is 0 Å². The molecule has 0 bridgehead atoms. The summed E-state index contributed by atoms with van der Waals surface area (Å²) in [5.74, 6) is -0.252. The molecule has 20 heavy (non-hydrogen) atoms. The second-order valence-corrected chi connectivity index (χ2v) is 4.48. The molecule has 2 heterocycles. The number of urea groups is 1.